The first-order chi connectivity index (χ1) is 9.25. The molecule has 1 atom stereocenters. The Morgan fingerprint density at radius 3 is 2.37 bits per heavy atom. The lowest BCUT2D eigenvalue weighted by atomic mass is 10.1. The van der Waals surface area contributed by atoms with Gasteiger partial charge >= 0.3 is 0 Å². The molecule has 2 aromatic rings. The van der Waals surface area contributed by atoms with Crippen LogP contribution in [0.1, 0.15) is 24.2 Å². The van der Waals surface area contributed by atoms with Crippen LogP contribution in [0.15, 0.2) is 60.7 Å². The molecule has 2 nitrogen and oxygen atoms in total. The molecule has 0 aliphatic heterocycles. The topological polar surface area (TPSA) is 29.5 Å². The summed E-state index contributed by atoms with van der Waals surface area (Å²) in [5.41, 5.74) is 2.06. The van der Waals surface area contributed by atoms with Crippen molar-refractivity contribution in [2.45, 2.75) is 13.0 Å². The molecule has 98 valence electrons. The normalized spacial score (nSPS) is 12.5. The van der Waals surface area contributed by atoms with Crippen molar-refractivity contribution in [2.24, 2.45) is 0 Å². The van der Waals surface area contributed by atoms with Crippen LogP contribution < -0.4 is 4.74 Å². The first-order valence-electron chi connectivity index (χ1n) is 6.38. The number of aliphatic hydroxyl groups excluding tert-OH is 1. The van der Waals surface area contributed by atoms with Crippen LogP contribution in [0.5, 0.6) is 5.75 Å². The molecule has 2 heteroatoms. The van der Waals surface area contributed by atoms with E-state index in [2.05, 4.69) is 0 Å². The molecule has 0 aliphatic carbocycles. The molecular formula is C17H18O2. The lowest BCUT2D eigenvalue weighted by molar-refractivity contribution is 0.199. The third-order valence-electron chi connectivity index (χ3n) is 2.82. The van der Waals surface area contributed by atoms with E-state index >= 15 is 0 Å². The Balaban J connectivity index is 1.84. The van der Waals surface area contributed by atoms with Gasteiger partial charge in [-0.1, -0.05) is 48.5 Å². The monoisotopic (exact) mass is 254 g/mol. The number of hydrogen-bond donors (Lipinski definition) is 1. The molecule has 0 heterocycles. The highest BCUT2D eigenvalue weighted by Gasteiger charge is 1.99. The van der Waals surface area contributed by atoms with Gasteiger partial charge in [0.15, 0.2) is 0 Å². The van der Waals surface area contributed by atoms with Gasteiger partial charge in [-0.2, -0.15) is 0 Å². The fraction of sp³-hybridized carbons (Fsp3) is 0.176. The summed E-state index contributed by atoms with van der Waals surface area (Å²) in [5.74, 6) is 0.808. The fourth-order valence-corrected chi connectivity index (χ4v) is 1.74. The van der Waals surface area contributed by atoms with Crippen molar-refractivity contribution in [3.05, 3.63) is 71.8 Å². The summed E-state index contributed by atoms with van der Waals surface area (Å²) in [6.45, 7) is 2.28. The Labute approximate surface area is 114 Å². The highest BCUT2D eigenvalue weighted by molar-refractivity contribution is 5.48. The van der Waals surface area contributed by atoms with E-state index in [-0.39, 0.29) is 0 Å². The fourth-order valence-electron chi connectivity index (χ4n) is 1.74. The zero-order chi connectivity index (χ0) is 13.5. The standard InChI is InChI=1S/C17H18O2/c1-14(18)16-9-11-17(12-10-16)19-13-5-8-15-6-3-2-4-7-15/h2-12,14,18H,13H2,1H3/t14-/m0/s1. The first-order valence-corrected chi connectivity index (χ1v) is 6.38. The molecule has 2 aromatic carbocycles. The highest BCUT2D eigenvalue weighted by atomic mass is 16.5. The molecule has 0 fully saturated rings. The summed E-state index contributed by atoms with van der Waals surface area (Å²) >= 11 is 0. The smallest absolute Gasteiger partial charge is 0.119 e. The Hall–Kier alpha value is -2.06. The molecule has 0 bridgehead atoms. The van der Waals surface area contributed by atoms with Crippen LogP contribution in [0, 0.1) is 0 Å². The average Bonchev–Trinajstić information content (AvgIpc) is 2.45. The lowest BCUT2D eigenvalue weighted by Crippen LogP contribution is -1.95. The van der Waals surface area contributed by atoms with Gasteiger partial charge in [-0.25, -0.2) is 0 Å². The predicted octanol–water partition coefficient (Wildman–Crippen LogP) is 3.83. The van der Waals surface area contributed by atoms with Crippen LogP contribution >= 0.6 is 0 Å². The number of rotatable bonds is 5. The summed E-state index contributed by atoms with van der Waals surface area (Å²) < 4.78 is 5.59. The van der Waals surface area contributed by atoms with E-state index in [1.165, 1.54) is 0 Å². The van der Waals surface area contributed by atoms with E-state index in [0.717, 1.165) is 16.9 Å². The maximum Gasteiger partial charge on any atom is 0.119 e. The third-order valence-corrected chi connectivity index (χ3v) is 2.82. The van der Waals surface area contributed by atoms with Crippen molar-refractivity contribution >= 4 is 6.08 Å². The zero-order valence-electron chi connectivity index (χ0n) is 11.0. The van der Waals surface area contributed by atoms with Crippen molar-refractivity contribution in [3.8, 4) is 5.75 Å². The minimum absolute atomic E-state index is 0.438. The molecular weight excluding hydrogens is 236 g/mol. The number of aliphatic hydroxyl groups is 1. The van der Waals surface area contributed by atoms with Crippen LogP contribution in [0.25, 0.3) is 6.08 Å². The van der Waals surface area contributed by atoms with Crippen molar-refractivity contribution in [1.29, 1.82) is 0 Å². The molecule has 0 amide bonds. The second-order valence-electron chi connectivity index (χ2n) is 4.37. The second-order valence-corrected chi connectivity index (χ2v) is 4.37. The van der Waals surface area contributed by atoms with Crippen molar-refractivity contribution in [1.82, 2.24) is 0 Å². The average molecular weight is 254 g/mol. The van der Waals surface area contributed by atoms with Gasteiger partial charge in [0.05, 0.1) is 6.10 Å². The van der Waals surface area contributed by atoms with Crippen molar-refractivity contribution in [2.75, 3.05) is 6.61 Å². The van der Waals surface area contributed by atoms with Crippen LogP contribution in [0.3, 0.4) is 0 Å². The Kier molecular flexibility index (Phi) is 4.76. The highest BCUT2D eigenvalue weighted by Crippen LogP contribution is 2.17. The minimum Gasteiger partial charge on any atom is -0.490 e. The van der Waals surface area contributed by atoms with Gasteiger partial charge in [-0.15, -0.1) is 0 Å². The second kappa shape index (κ2) is 6.76. The van der Waals surface area contributed by atoms with E-state index in [9.17, 15) is 5.11 Å². The minimum atomic E-state index is -0.438. The molecule has 0 unspecified atom stereocenters. The quantitative estimate of drug-likeness (QED) is 0.878. The van der Waals surface area contributed by atoms with E-state index in [4.69, 9.17) is 4.74 Å². The van der Waals surface area contributed by atoms with Gasteiger partial charge in [-0.05, 0) is 36.3 Å². The van der Waals surface area contributed by atoms with Gasteiger partial charge in [0.2, 0.25) is 0 Å². The SMILES string of the molecule is C[C@H](O)c1ccc(OCC=Cc2ccccc2)cc1. The maximum absolute atomic E-state index is 9.40. The van der Waals surface area contributed by atoms with Crippen LogP contribution in [-0.2, 0) is 0 Å². The van der Waals surface area contributed by atoms with Gasteiger partial charge < -0.3 is 9.84 Å². The molecule has 1 N–H and O–H groups in total. The predicted molar refractivity (Wildman–Crippen MR) is 78.0 cm³/mol. The molecule has 0 aliphatic rings. The maximum atomic E-state index is 9.40. The van der Waals surface area contributed by atoms with E-state index in [1.54, 1.807) is 6.92 Å². The van der Waals surface area contributed by atoms with E-state index < -0.39 is 6.10 Å². The molecule has 0 spiro atoms. The summed E-state index contributed by atoms with van der Waals surface area (Å²) in [7, 11) is 0. The van der Waals surface area contributed by atoms with Crippen molar-refractivity contribution < 1.29 is 9.84 Å². The molecule has 0 saturated carbocycles. The molecule has 0 saturated heterocycles. The largest absolute Gasteiger partial charge is 0.490 e. The number of ether oxygens (including phenoxy) is 1. The van der Waals surface area contributed by atoms with Gasteiger partial charge in [0.1, 0.15) is 12.4 Å². The van der Waals surface area contributed by atoms with Crippen LogP contribution in [-0.4, -0.2) is 11.7 Å². The molecule has 0 aromatic heterocycles. The summed E-state index contributed by atoms with van der Waals surface area (Å²) in [6.07, 6.45) is 3.58. The molecule has 0 radical (unpaired) electrons. The van der Waals surface area contributed by atoms with Gasteiger partial charge in [0, 0.05) is 0 Å². The Morgan fingerprint density at radius 1 is 1.05 bits per heavy atom. The summed E-state index contributed by atoms with van der Waals surface area (Å²) in [4.78, 5) is 0. The molecule has 2 rings (SSSR count). The Bertz CT molecular complexity index is 513. The number of hydrogen-bond acceptors (Lipinski definition) is 2. The third kappa shape index (κ3) is 4.27. The van der Waals surface area contributed by atoms with Gasteiger partial charge in [0.25, 0.3) is 0 Å². The van der Waals surface area contributed by atoms with E-state index in [0.29, 0.717) is 6.61 Å². The molecule has 19 heavy (non-hydrogen) atoms. The summed E-state index contributed by atoms with van der Waals surface area (Å²) in [5, 5.41) is 9.40. The van der Waals surface area contributed by atoms with Gasteiger partial charge in [-0.3, -0.25) is 0 Å². The summed E-state index contributed by atoms with van der Waals surface area (Å²) in [6, 6.07) is 17.6. The zero-order valence-corrected chi connectivity index (χ0v) is 11.0. The van der Waals surface area contributed by atoms with Crippen LogP contribution in [0.2, 0.25) is 0 Å². The lowest BCUT2D eigenvalue weighted by Gasteiger charge is -2.06. The first kappa shape index (κ1) is 13.4. The Morgan fingerprint density at radius 2 is 1.74 bits per heavy atom. The van der Waals surface area contributed by atoms with E-state index in [1.807, 2.05) is 66.7 Å². The van der Waals surface area contributed by atoms with Crippen LogP contribution in [0.4, 0.5) is 0 Å². The van der Waals surface area contributed by atoms with Crippen molar-refractivity contribution in [3.63, 3.8) is 0 Å². The number of benzene rings is 2.